The summed E-state index contributed by atoms with van der Waals surface area (Å²) in [4.78, 5) is 16.9. The lowest BCUT2D eigenvalue weighted by atomic mass is 10.2. The van der Waals surface area contributed by atoms with Crippen LogP contribution in [0.25, 0.3) is 10.7 Å². The van der Waals surface area contributed by atoms with E-state index >= 15 is 0 Å². The molecule has 5 nitrogen and oxygen atoms in total. The van der Waals surface area contributed by atoms with E-state index in [1.54, 1.807) is 6.07 Å². The Morgan fingerprint density at radius 3 is 2.90 bits per heavy atom. The molecule has 0 atom stereocenters. The van der Waals surface area contributed by atoms with Crippen LogP contribution in [0, 0.1) is 5.82 Å². The number of hydrogen-bond acceptors (Lipinski definition) is 5. The molecule has 21 heavy (non-hydrogen) atoms. The summed E-state index contributed by atoms with van der Waals surface area (Å²) >= 11 is 1.49. The maximum absolute atomic E-state index is 13.4. The van der Waals surface area contributed by atoms with Gasteiger partial charge in [0, 0.05) is 0 Å². The van der Waals surface area contributed by atoms with Crippen molar-refractivity contribution in [2.75, 3.05) is 0 Å². The van der Waals surface area contributed by atoms with Crippen LogP contribution in [0.1, 0.15) is 16.2 Å². The van der Waals surface area contributed by atoms with E-state index in [0.29, 0.717) is 5.82 Å². The van der Waals surface area contributed by atoms with E-state index in [1.807, 2.05) is 17.5 Å². The zero-order valence-electron chi connectivity index (χ0n) is 10.7. The minimum Gasteiger partial charge on any atom is -0.343 e. The third kappa shape index (κ3) is 2.97. The molecular formula is C14H10FN3O2S. The van der Waals surface area contributed by atoms with Crippen LogP contribution in [0.5, 0.6) is 0 Å². The second-order valence-electron chi connectivity index (χ2n) is 4.15. The quantitative estimate of drug-likeness (QED) is 0.804. The van der Waals surface area contributed by atoms with Gasteiger partial charge in [-0.3, -0.25) is 4.79 Å². The van der Waals surface area contributed by atoms with Crippen LogP contribution in [0.2, 0.25) is 0 Å². The molecule has 0 fully saturated rings. The van der Waals surface area contributed by atoms with Crippen molar-refractivity contribution in [2.24, 2.45) is 0 Å². The average Bonchev–Trinajstić information content (AvgIpc) is 3.16. The number of carbonyl (C=O) groups is 1. The molecule has 3 rings (SSSR count). The Labute approximate surface area is 123 Å². The van der Waals surface area contributed by atoms with Crippen LogP contribution in [-0.4, -0.2) is 16.0 Å². The molecule has 0 saturated carbocycles. The lowest BCUT2D eigenvalue weighted by Crippen LogP contribution is -2.23. The highest BCUT2D eigenvalue weighted by molar-refractivity contribution is 7.13. The number of carbonyl (C=O) groups excluding carboxylic acids is 1. The maximum Gasteiger partial charge on any atom is 0.254 e. The first-order chi connectivity index (χ1) is 10.2. The molecule has 2 heterocycles. The van der Waals surface area contributed by atoms with Gasteiger partial charge in [-0.2, -0.15) is 4.98 Å². The van der Waals surface area contributed by atoms with Gasteiger partial charge in [-0.1, -0.05) is 23.4 Å². The first-order valence-electron chi connectivity index (χ1n) is 6.13. The van der Waals surface area contributed by atoms with Gasteiger partial charge in [0.15, 0.2) is 0 Å². The van der Waals surface area contributed by atoms with Crippen molar-refractivity contribution in [1.29, 1.82) is 0 Å². The molecule has 0 bridgehead atoms. The van der Waals surface area contributed by atoms with Gasteiger partial charge in [-0.25, -0.2) is 4.39 Å². The van der Waals surface area contributed by atoms with E-state index in [4.69, 9.17) is 4.52 Å². The van der Waals surface area contributed by atoms with E-state index in [-0.39, 0.29) is 18.0 Å². The minimum atomic E-state index is -0.570. The number of hydrogen-bond donors (Lipinski definition) is 1. The molecule has 0 aliphatic rings. The summed E-state index contributed by atoms with van der Waals surface area (Å²) in [6, 6.07) is 9.52. The molecule has 0 aliphatic heterocycles. The minimum absolute atomic E-state index is 0.0181. The number of nitrogens with zero attached hydrogens (tertiary/aromatic N) is 2. The van der Waals surface area contributed by atoms with Gasteiger partial charge < -0.3 is 9.84 Å². The predicted molar refractivity (Wildman–Crippen MR) is 75.2 cm³/mol. The van der Waals surface area contributed by atoms with Crippen molar-refractivity contribution in [3.63, 3.8) is 0 Å². The van der Waals surface area contributed by atoms with Crippen molar-refractivity contribution in [3.05, 3.63) is 59.0 Å². The fraction of sp³-hybridized carbons (Fsp3) is 0.0714. The van der Waals surface area contributed by atoms with Gasteiger partial charge in [0.1, 0.15) is 5.82 Å². The molecule has 1 aromatic carbocycles. The van der Waals surface area contributed by atoms with E-state index in [1.165, 1.54) is 29.5 Å². The molecule has 0 spiro atoms. The van der Waals surface area contributed by atoms with Crippen molar-refractivity contribution in [1.82, 2.24) is 15.5 Å². The molecule has 0 saturated heterocycles. The highest BCUT2D eigenvalue weighted by Crippen LogP contribution is 2.21. The smallest absolute Gasteiger partial charge is 0.254 e. The third-order valence-electron chi connectivity index (χ3n) is 2.73. The molecule has 1 N–H and O–H groups in total. The molecule has 0 unspecified atom stereocenters. The molecule has 3 aromatic rings. The van der Waals surface area contributed by atoms with Crippen molar-refractivity contribution < 1.29 is 13.7 Å². The monoisotopic (exact) mass is 303 g/mol. The number of thiophene rings is 1. The van der Waals surface area contributed by atoms with Crippen molar-refractivity contribution >= 4 is 17.2 Å². The normalized spacial score (nSPS) is 10.5. The largest absolute Gasteiger partial charge is 0.343 e. The van der Waals surface area contributed by atoms with E-state index in [0.717, 1.165) is 4.88 Å². The maximum atomic E-state index is 13.4. The topological polar surface area (TPSA) is 68.0 Å². The van der Waals surface area contributed by atoms with Gasteiger partial charge >= 0.3 is 0 Å². The van der Waals surface area contributed by atoms with Crippen LogP contribution in [-0.2, 0) is 6.54 Å². The lowest BCUT2D eigenvalue weighted by Gasteiger charge is -2.02. The zero-order chi connectivity index (χ0) is 14.7. The number of nitrogens with one attached hydrogen (secondary N) is 1. The van der Waals surface area contributed by atoms with Gasteiger partial charge in [0.2, 0.25) is 11.7 Å². The van der Waals surface area contributed by atoms with Gasteiger partial charge in [-0.05, 0) is 23.6 Å². The van der Waals surface area contributed by atoms with Crippen LogP contribution in [0.4, 0.5) is 4.39 Å². The lowest BCUT2D eigenvalue weighted by molar-refractivity contribution is 0.0942. The molecular weight excluding hydrogens is 293 g/mol. The predicted octanol–water partition coefficient (Wildman–Crippen LogP) is 2.87. The third-order valence-corrected chi connectivity index (χ3v) is 3.59. The molecule has 7 heteroatoms. The zero-order valence-corrected chi connectivity index (χ0v) is 11.6. The fourth-order valence-electron chi connectivity index (χ4n) is 1.73. The Bertz CT molecular complexity index is 755. The number of rotatable bonds is 4. The summed E-state index contributed by atoms with van der Waals surface area (Å²) in [7, 11) is 0. The van der Waals surface area contributed by atoms with Crippen molar-refractivity contribution in [3.8, 4) is 10.7 Å². The number of benzene rings is 1. The van der Waals surface area contributed by atoms with E-state index in [2.05, 4.69) is 15.5 Å². The Hall–Kier alpha value is -2.54. The Balaban J connectivity index is 1.66. The van der Waals surface area contributed by atoms with Gasteiger partial charge in [0.25, 0.3) is 5.91 Å². The van der Waals surface area contributed by atoms with Crippen molar-refractivity contribution in [2.45, 2.75) is 6.54 Å². The van der Waals surface area contributed by atoms with Crippen LogP contribution < -0.4 is 5.32 Å². The summed E-state index contributed by atoms with van der Waals surface area (Å²) in [6.45, 7) is 0.0472. The standard InChI is InChI=1S/C14H10FN3O2S/c15-10-5-2-1-4-9(10)14(19)16-8-12-17-13(18-20-12)11-6-3-7-21-11/h1-7H,8H2,(H,16,19). The highest BCUT2D eigenvalue weighted by atomic mass is 32.1. The molecule has 106 valence electrons. The van der Waals surface area contributed by atoms with E-state index in [9.17, 15) is 9.18 Å². The highest BCUT2D eigenvalue weighted by Gasteiger charge is 2.13. The van der Waals surface area contributed by atoms with E-state index < -0.39 is 11.7 Å². The Morgan fingerprint density at radius 1 is 1.29 bits per heavy atom. The second kappa shape index (κ2) is 5.84. The summed E-state index contributed by atoms with van der Waals surface area (Å²) in [6.07, 6.45) is 0. The van der Waals surface area contributed by atoms with Gasteiger partial charge in [-0.15, -0.1) is 11.3 Å². The molecule has 1 amide bonds. The van der Waals surface area contributed by atoms with Crippen LogP contribution in [0.15, 0.2) is 46.3 Å². The number of aromatic nitrogens is 2. The van der Waals surface area contributed by atoms with Crippen LogP contribution in [0.3, 0.4) is 0 Å². The molecule has 2 aromatic heterocycles. The molecule has 0 radical (unpaired) electrons. The fourth-order valence-corrected chi connectivity index (χ4v) is 2.38. The first-order valence-corrected chi connectivity index (χ1v) is 7.01. The summed E-state index contributed by atoms with van der Waals surface area (Å²) in [5.74, 6) is -0.355. The Kier molecular flexibility index (Phi) is 3.74. The summed E-state index contributed by atoms with van der Waals surface area (Å²) in [5.41, 5.74) is -0.0181. The first kappa shape index (κ1) is 13.4. The molecule has 0 aliphatic carbocycles. The van der Waals surface area contributed by atoms with Gasteiger partial charge in [0.05, 0.1) is 17.0 Å². The summed E-state index contributed by atoms with van der Waals surface area (Å²) in [5, 5.41) is 8.28. The second-order valence-corrected chi connectivity index (χ2v) is 5.10. The average molecular weight is 303 g/mol. The Morgan fingerprint density at radius 2 is 2.14 bits per heavy atom. The summed E-state index contributed by atoms with van der Waals surface area (Å²) < 4.78 is 18.5. The number of amides is 1. The number of halogens is 1. The van der Waals surface area contributed by atoms with Crippen LogP contribution >= 0.6 is 11.3 Å². The SMILES string of the molecule is O=C(NCc1nc(-c2cccs2)no1)c1ccccc1F.